The number of rotatable bonds is 10. The van der Waals surface area contributed by atoms with Crippen LogP contribution in [-0.2, 0) is 14.3 Å². The molecule has 0 bridgehead atoms. The van der Waals surface area contributed by atoms with Gasteiger partial charge < -0.3 is 19.9 Å². The van der Waals surface area contributed by atoms with Gasteiger partial charge in [-0.05, 0) is 54.0 Å². The normalized spacial score (nSPS) is 15.2. The van der Waals surface area contributed by atoms with Crippen molar-refractivity contribution in [1.29, 1.82) is 0 Å². The molecule has 1 unspecified atom stereocenters. The Morgan fingerprint density at radius 2 is 1.74 bits per heavy atom. The number of aliphatic carboxylic acids is 1. The minimum Gasteiger partial charge on any atom is -0.480 e. The first-order chi connectivity index (χ1) is 8.71. The van der Waals surface area contributed by atoms with E-state index in [4.69, 9.17) is 14.6 Å². The number of nitrogens with one attached hydrogen (secondary N) is 1. The maximum atomic E-state index is 11.0. The Morgan fingerprint density at radius 3 is 2.21 bits per heavy atom. The second kappa shape index (κ2) is 8.51. The van der Waals surface area contributed by atoms with Crippen molar-refractivity contribution >= 4 is 5.97 Å². The van der Waals surface area contributed by atoms with Gasteiger partial charge >= 0.3 is 5.97 Å². The van der Waals surface area contributed by atoms with Crippen molar-refractivity contribution in [2.75, 3.05) is 26.9 Å². The smallest absolute Gasteiger partial charge is 0.323 e. The van der Waals surface area contributed by atoms with Crippen LogP contribution in [0.5, 0.6) is 0 Å². The summed E-state index contributed by atoms with van der Waals surface area (Å²) < 4.78 is 11.0. The Balaban J connectivity index is 3.53. The molecule has 0 radical (unpaired) electrons. The van der Waals surface area contributed by atoms with Crippen LogP contribution in [-0.4, -0.2) is 49.1 Å². The van der Waals surface area contributed by atoms with Crippen LogP contribution in [0.2, 0.25) is 0 Å². The van der Waals surface area contributed by atoms with Crippen molar-refractivity contribution in [3.05, 3.63) is 0 Å². The molecule has 0 aliphatic rings. The molecular weight excluding hydrogens is 246 g/mol. The van der Waals surface area contributed by atoms with E-state index in [1.54, 1.807) is 14.0 Å². The zero-order chi connectivity index (χ0) is 14.9. The van der Waals surface area contributed by atoms with E-state index >= 15 is 0 Å². The highest BCUT2D eigenvalue weighted by atomic mass is 16.5. The lowest BCUT2D eigenvalue weighted by Gasteiger charge is -2.23. The highest BCUT2D eigenvalue weighted by Crippen LogP contribution is 2.13. The predicted molar refractivity (Wildman–Crippen MR) is 75.5 cm³/mol. The summed E-state index contributed by atoms with van der Waals surface area (Å²) in [5.74, 6) is -0.811. The first kappa shape index (κ1) is 18.4. The zero-order valence-electron chi connectivity index (χ0n) is 12.9. The Labute approximate surface area is 116 Å². The van der Waals surface area contributed by atoms with Crippen molar-refractivity contribution in [2.45, 2.75) is 58.1 Å². The van der Waals surface area contributed by atoms with Crippen molar-refractivity contribution in [3.8, 4) is 0 Å². The minimum atomic E-state index is -0.838. The topological polar surface area (TPSA) is 67.8 Å². The molecule has 0 aromatic heterocycles. The predicted octanol–water partition coefficient (Wildman–Crippen LogP) is 2.05. The van der Waals surface area contributed by atoms with E-state index in [0.717, 1.165) is 12.8 Å². The molecule has 0 aliphatic heterocycles. The summed E-state index contributed by atoms with van der Waals surface area (Å²) >= 11 is 0. The fourth-order valence-corrected chi connectivity index (χ4v) is 1.53. The average Bonchev–Trinajstić information content (AvgIpc) is 2.30. The lowest BCUT2D eigenvalue weighted by Crippen LogP contribution is -2.47. The van der Waals surface area contributed by atoms with Crippen LogP contribution in [0.4, 0.5) is 0 Å². The lowest BCUT2D eigenvalue weighted by molar-refractivity contribution is -0.144. The minimum absolute atomic E-state index is 0.126. The van der Waals surface area contributed by atoms with Crippen LogP contribution in [0.3, 0.4) is 0 Å². The molecule has 0 fully saturated rings. The Hall–Kier alpha value is -0.650. The van der Waals surface area contributed by atoms with E-state index in [-0.39, 0.29) is 5.60 Å². The van der Waals surface area contributed by atoms with Gasteiger partial charge in [0.1, 0.15) is 5.54 Å². The van der Waals surface area contributed by atoms with Crippen LogP contribution in [0, 0.1) is 0 Å². The van der Waals surface area contributed by atoms with Gasteiger partial charge in [0.15, 0.2) is 0 Å². The average molecular weight is 275 g/mol. The first-order valence-electron chi connectivity index (χ1n) is 6.85. The number of likely N-dealkylation sites (N-methyl/N-ethyl adjacent to an activating group) is 1. The maximum absolute atomic E-state index is 11.0. The van der Waals surface area contributed by atoms with Gasteiger partial charge in [-0.1, -0.05) is 0 Å². The molecule has 0 aromatic carbocycles. The molecule has 5 heteroatoms. The maximum Gasteiger partial charge on any atom is 0.323 e. The number of carbonyl (C=O) groups is 1. The number of hydrogen-bond donors (Lipinski definition) is 2. The molecule has 2 N–H and O–H groups in total. The summed E-state index contributed by atoms with van der Waals surface area (Å²) in [6.45, 7) is 9.55. The zero-order valence-corrected chi connectivity index (χ0v) is 12.9. The summed E-state index contributed by atoms with van der Waals surface area (Å²) in [5.41, 5.74) is -0.963. The van der Waals surface area contributed by atoms with Gasteiger partial charge in [-0.15, -0.1) is 0 Å². The molecule has 114 valence electrons. The lowest BCUT2D eigenvalue weighted by atomic mass is 9.95. The number of carboxylic acid groups (broad SMARTS) is 1. The van der Waals surface area contributed by atoms with E-state index < -0.39 is 11.5 Å². The number of unbranched alkanes of at least 4 members (excludes halogenated alkanes) is 1. The molecule has 0 saturated heterocycles. The fraction of sp³-hybridized carbons (Fsp3) is 0.929. The largest absolute Gasteiger partial charge is 0.480 e. The van der Waals surface area contributed by atoms with E-state index in [9.17, 15) is 4.79 Å². The number of ether oxygens (including phenoxy) is 2. The van der Waals surface area contributed by atoms with Gasteiger partial charge in [0.25, 0.3) is 0 Å². The quantitative estimate of drug-likeness (QED) is 0.597. The van der Waals surface area contributed by atoms with Crippen LogP contribution in [0.25, 0.3) is 0 Å². The highest BCUT2D eigenvalue weighted by Gasteiger charge is 2.29. The van der Waals surface area contributed by atoms with Gasteiger partial charge in [0.2, 0.25) is 0 Å². The van der Waals surface area contributed by atoms with Crippen molar-refractivity contribution < 1.29 is 19.4 Å². The third-order valence-electron chi connectivity index (χ3n) is 3.00. The van der Waals surface area contributed by atoms with E-state index in [1.807, 2.05) is 20.8 Å². The molecule has 19 heavy (non-hydrogen) atoms. The third kappa shape index (κ3) is 8.97. The van der Waals surface area contributed by atoms with Gasteiger partial charge in [0, 0.05) is 6.61 Å². The summed E-state index contributed by atoms with van der Waals surface area (Å²) in [6, 6.07) is 0. The monoisotopic (exact) mass is 275 g/mol. The van der Waals surface area contributed by atoms with Gasteiger partial charge in [-0.25, -0.2) is 0 Å². The number of carboxylic acids is 1. The standard InChI is InChI=1S/C14H29NO4/c1-13(2,3)19-11-10-18-9-7-6-8-14(4,15-5)12(16)17/h15H,6-11H2,1-5H3,(H,16,17). The summed E-state index contributed by atoms with van der Waals surface area (Å²) in [5, 5.41) is 11.9. The molecule has 0 aliphatic carbocycles. The fourth-order valence-electron chi connectivity index (χ4n) is 1.53. The van der Waals surface area contributed by atoms with Crippen LogP contribution >= 0.6 is 0 Å². The Morgan fingerprint density at radius 1 is 1.11 bits per heavy atom. The molecule has 1 atom stereocenters. The van der Waals surface area contributed by atoms with E-state index in [2.05, 4.69) is 5.32 Å². The summed E-state index contributed by atoms with van der Waals surface area (Å²) in [7, 11) is 1.68. The summed E-state index contributed by atoms with van der Waals surface area (Å²) in [4.78, 5) is 11.0. The SMILES string of the molecule is CNC(C)(CCCCOCCOC(C)(C)C)C(=O)O. The molecule has 0 aromatic rings. The Kier molecular flexibility index (Phi) is 8.22. The van der Waals surface area contributed by atoms with Gasteiger partial charge in [0.05, 0.1) is 18.8 Å². The van der Waals surface area contributed by atoms with Crippen LogP contribution in [0.15, 0.2) is 0 Å². The second-order valence-electron chi connectivity index (χ2n) is 5.92. The van der Waals surface area contributed by atoms with Crippen LogP contribution in [0.1, 0.15) is 47.0 Å². The molecule has 0 amide bonds. The molecule has 0 rings (SSSR count). The van der Waals surface area contributed by atoms with Gasteiger partial charge in [-0.3, -0.25) is 4.79 Å². The first-order valence-corrected chi connectivity index (χ1v) is 6.85. The van der Waals surface area contributed by atoms with E-state index in [1.165, 1.54) is 0 Å². The van der Waals surface area contributed by atoms with E-state index in [0.29, 0.717) is 26.2 Å². The second-order valence-corrected chi connectivity index (χ2v) is 5.92. The molecule has 5 nitrogen and oxygen atoms in total. The summed E-state index contributed by atoms with van der Waals surface area (Å²) in [6.07, 6.45) is 2.28. The molecular formula is C14H29NO4. The number of hydrogen-bond acceptors (Lipinski definition) is 4. The molecule has 0 heterocycles. The highest BCUT2D eigenvalue weighted by molar-refractivity contribution is 5.78. The van der Waals surface area contributed by atoms with Crippen molar-refractivity contribution in [1.82, 2.24) is 5.32 Å². The molecule has 0 spiro atoms. The third-order valence-corrected chi connectivity index (χ3v) is 3.00. The van der Waals surface area contributed by atoms with Crippen molar-refractivity contribution in [2.24, 2.45) is 0 Å². The van der Waals surface area contributed by atoms with Crippen molar-refractivity contribution in [3.63, 3.8) is 0 Å². The van der Waals surface area contributed by atoms with Gasteiger partial charge in [-0.2, -0.15) is 0 Å². The molecule has 0 saturated carbocycles. The van der Waals surface area contributed by atoms with Crippen LogP contribution < -0.4 is 5.32 Å². The Bertz CT molecular complexity index is 263.